The highest BCUT2D eigenvalue weighted by molar-refractivity contribution is 6.06. The van der Waals surface area contributed by atoms with Crippen molar-refractivity contribution in [2.45, 2.75) is 19.1 Å². The monoisotopic (exact) mass is 370 g/mol. The summed E-state index contributed by atoms with van der Waals surface area (Å²) >= 11 is 0. The summed E-state index contributed by atoms with van der Waals surface area (Å²) in [6.07, 6.45) is 1.42. The number of likely N-dealkylation sites (tertiary alicyclic amines) is 1. The summed E-state index contributed by atoms with van der Waals surface area (Å²) in [4.78, 5) is 12.7. The lowest BCUT2D eigenvalue weighted by Gasteiger charge is -2.38. The summed E-state index contributed by atoms with van der Waals surface area (Å²) in [7, 11) is 0. The summed E-state index contributed by atoms with van der Waals surface area (Å²) in [6, 6.07) is 12.3. The molecule has 1 unspecified atom stereocenters. The Morgan fingerprint density at radius 2 is 1.70 bits per heavy atom. The number of rotatable bonds is 3. The van der Waals surface area contributed by atoms with Gasteiger partial charge < -0.3 is 16.0 Å². The zero-order chi connectivity index (χ0) is 18.8. The maximum Gasteiger partial charge on any atom is 0.222 e. The molecular formula is C19H20F2N6. The van der Waals surface area contributed by atoms with Crippen LogP contribution in [0.1, 0.15) is 12.8 Å². The number of hydrogen-bond acceptors (Lipinski definition) is 6. The van der Waals surface area contributed by atoms with Gasteiger partial charge in [0, 0.05) is 18.8 Å². The first-order valence-corrected chi connectivity index (χ1v) is 8.84. The van der Waals surface area contributed by atoms with Gasteiger partial charge in [-0.3, -0.25) is 4.90 Å². The highest BCUT2D eigenvalue weighted by Gasteiger charge is 2.32. The number of nitrogens with one attached hydrogen (secondary N) is 1. The van der Waals surface area contributed by atoms with E-state index in [0.29, 0.717) is 17.3 Å². The molecule has 2 heterocycles. The molecule has 2 aliphatic rings. The maximum atomic E-state index is 13.9. The molecule has 0 aromatic heterocycles. The summed E-state index contributed by atoms with van der Waals surface area (Å²) < 4.78 is 27.5. The van der Waals surface area contributed by atoms with Crippen LogP contribution in [0.4, 0.5) is 20.2 Å². The molecule has 2 aromatic rings. The van der Waals surface area contributed by atoms with Crippen molar-refractivity contribution in [3.63, 3.8) is 0 Å². The molecule has 0 saturated carbocycles. The van der Waals surface area contributed by atoms with E-state index in [1.165, 1.54) is 24.3 Å². The summed E-state index contributed by atoms with van der Waals surface area (Å²) in [5, 5.41) is 3.16. The smallest absolute Gasteiger partial charge is 0.222 e. The van der Waals surface area contributed by atoms with Crippen LogP contribution in [0.25, 0.3) is 0 Å². The zero-order valence-corrected chi connectivity index (χ0v) is 14.6. The minimum absolute atomic E-state index is 0.124. The number of nitrogens with zero attached hydrogens (tertiary/aromatic N) is 4. The van der Waals surface area contributed by atoms with Gasteiger partial charge >= 0.3 is 0 Å². The Bertz CT molecular complexity index is 891. The topological polar surface area (TPSA) is 69.2 Å². The van der Waals surface area contributed by atoms with Crippen LogP contribution in [0.3, 0.4) is 0 Å². The van der Waals surface area contributed by atoms with Gasteiger partial charge in [-0.15, -0.1) is 0 Å². The second-order valence-electron chi connectivity index (χ2n) is 6.47. The number of hydrogen-bond donors (Lipinski definition) is 2. The Morgan fingerprint density at radius 1 is 1.00 bits per heavy atom. The maximum absolute atomic E-state index is 13.9. The highest BCUT2D eigenvalue weighted by atomic mass is 19.1. The summed E-state index contributed by atoms with van der Waals surface area (Å²) in [6.45, 7) is 1.68. The fourth-order valence-corrected chi connectivity index (χ4v) is 3.32. The molecule has 4 rings (SSSR count). The van der Waals surface area contributed by atoms with Crippen LogP contribution in [0, 0.1) is 11.6 Å². The molecule has 8 heteroatoms. The van der Waals surface area contributed by atoms with Gasteiger partial charge in [0.1, 0.15) is 11.6 Å². The average Bonchev–Trinajstić information content (AvgIpc) is 3.16. The standard InChI is InChI=1S/C19H20F2N6/c20-13-5-3-7-15(11-13)23-18-24-17(22)25-19(26-9-1-2-10-26)27(18)16-8-4-6-14(21)12-16/h3-8,11-12,18,23H,1-2,9-10H2,(H2,22,24). The second kappa shape index (κ2) is 7.22. The molecule has 6 nitrogen and oxygen atoms in total. The minimum atomic E-state index is -0.679. The third-order valence-corrected chi connectivity index (χ3v) is 4.52. The Morgan fingerprint density at radius 3 is 2.41 bits per heavy atom. The lowest BCUT2D eigenvalue weighted by Crippen LogP contribution is -2.54. The highest BCUT2D eigenvalue weighted by Crippen LogP contribution is 2.26. The van der Waals surface area contributed by atoms with E-state index in [2.05, 4.69) is 20.2 Å². The van der Waals surface area contributed by atoms with Crippen LogP contribution in [0.15, 0.2) is 58.5 Å². The minimum Gasteiger partial charge on any atom is -0.368 e. The van der Waals surface area contributed by atoms with E-state index >= 15 is 0 Å². The van der Waals surface area contributed by atoms with Gasteiger partial charge in [-0.25, -0.2) is 13.8 Å². The molecule has 0 spiro atoms. The van der Waals surface area contributed by atoms with Crippen molar-refractivity contribution in [3.05, 3.63) is 60.2 Å². The van der Waals surface area contributed by atoms with Crippen LogP contribution < -0.4 is 16.0 Å². The number of guanidine groups is 2. The molecule has 1 atom stereocenters. The van der Waals surface area contributed by atoms with Gasteiger partial charge in [0.2, 0.25) is 18.2 Å². The zero-order valence-electron chi connectivity index (χ0n) is 14.6. The van der Waals surface area contributed by atoms with Crippen LogP contribution in [0.2, 0.25) is 0 Å². The van der Waals surface area contributed by atoms with Gasteiger partial charge in [0.15, 0.2) is 0 Å². The van der Waals surface area contributed by atoms with E-state index in [1.807, 2.05) is 0 Å². The Kier molecular flexibility index (Phi) is 4.62. The largest absolute Gasteiger partial charge is 0.368 e. The van der Waals surface area contributed by atoms with Gasteiger partial charge in [-0.05, 0) is 49.2 Å². The number of benzene rings is 2. The van der Waals surface area contributed by atoms with Crippen molar-refractivity contribution in [2.75, 3.05) is 23.3 Å². The van der Waals surface area contributed by atoms with E-state index in [-0.39, 0.29) is 17.6 Å². The van der Waals surface area contributed by atoms with Crippen molar-refractivity contribution in [1.82, 2.24) is 4.90 Å². The SMILES string of the molecule is NC1=NC(Nc2cccc(F)c2)N(c2cccc(F)c2)C(N2CCCC2)=N1. The third-order valence-electron chi connectivity index (χ3n) is 4.52. The molecule has 0 bridgehead atoms. The molecule has 1 fully saturated rings. The molecule has 2 aromatic carbocycles. The molecule has 0 radical (unpaired) electrons. The van der Waals surface area contributed by atoms with Gasteiger partial charge in [0.25, 0.3) is 0 Å². The molecule has 0 aliphatic carbocycles. The number of halogens is 2. The number of anilines is 2. The predicted octanol–water partition coefficient (Wildman–Crippen LogP) is 2.95. The van der Waals surface area contributed by atoms with Crippen LogP contribution in [0.5, 0.6) is 0 Å². The first kappa shape index (κ1) is 17.3. The van der Waals surface area contributed by atoms with Crippen LogP contribution in [-0.2, 0) is 0 Å². The normalized spacial score (nSPS) is 19.7. The molecular weight excluding hydrogens is 350 g/mol. The van der Waals surface area contributed by atoms with E-state index in [4.69, 9.17) is 5.73 Å². The Hall–Kier alpha value is -3.16. The molecule has 27 heavy (non-hydrogen) atoms. The molecule has 3 N–H and O–H groups in total. The first-order valence-electron chi connectivity index (χ1n) is 8.84. The van der Waals surface area contributed by atoms with Crippen molar-refractivity contribution in [1.29, 1.82) is 0 Å². The Balaban J connectivity index is 1.74. The Labute approximate surface area is 156 Å². The average molecular weight is 370 g/mol. The fraction of sp³-hybridized carbons (Fsp3) is 0.263. The third kappa shape index (κ3) is 3.69. The van der Waals surface area contributed by atoms with E-state index in [9.17, 15) is 8.78 Å². The molecule has 140 valence electrons. The van der Waals surface area contributed by atoms with Crippen molar-refractivity contribution in [2.24, 2.45) is 15.7 Å². The number of nitrogens with two attached hydrogens (primary N) is 1. The predicted molar refractivity (Wildman–Crippen MR) is 103 cm³/mol. The fourth-order valence-electron chi connectivity index (χ4n) is 3.32. The lowest BCUT2D eigenvalue weighted by molar-refractivity contribution is 0.497. The summed E-state index contributed by atoms with van der Waals surface area (Å²) in [5.41, 5.74) is 7.09. The first-order chi connectivity index (χ1) is 13.1. The van der Waals surface area contributed by atoms with Gasteiger partial charge in [0.05, 0.1) is 5.69 Å². The second-order valence-corrected chi connectivity index (χ2v) is 6.47. The van der Waals surface area contributed by atoms with E-state index in [1.54, 1.807) is 29.2 Å². The van der Waals surface area contributed by atoms with Gasteiger partial charge in [-0.2, -0.15) is 4.99 Å². The number of aliphatic imine (C=N–C) groups is 2. The molecule has 1 saturated heterocycles. The van der Waals surface area contributed by atoms with Crippen molar-refractivity contribution in [3.8, 4) is 0 Å². The van der Waals surface area contributed by atoms with Crippen LogP contribution in [-0.4, -0.2) is 36.2 Å². The van der Waals surface area contributed by atoms with E-state index in [0.717, 1.165) is 25.9 Å². The molecule has 0 amide bonds. The molecule has 2 aliphatic heterocycles. The quantitative estimate of drug-likeness (QED) is 0.872. The van der Waals surface area contributed by atoms with Crippen molar-refractivity contribution >= 4 is 23.3 Å². The van der Waals surface area contributed by atoms with Crippen LogP contribution >= 0.6 is 0 Å². The lowest BCUT2D eigenvalue weighted by atomic mass is 10.2. The van der Waals surface area contributed by atoms with E-state index < -0.39 is 6.29 Å². The summed E-state index contributed by atoms with van der Waals surface area (Å²) in [5.74, 6) is 0.0109. The van der Waals surface area contributed by atoms with Crippen molar-refractivity contribution < 1.29 is 8.78 Å². The van der Waals surface area contributed by atoms with Gasteiger partial charge in [-0.1, -0.05) is 12.1 Å².